The van der Waals surface area contributed by atoms with E-state index in [9.17, 15) is 5.11 Å². The fraction of sp³-hybridized carbons (Fsp3) is 0.300. The van der Waals surface area contributed by atoms with Gasteiger partial charge in [0, 0.05) is 6.04 Å². The maximum atomic E-state index is 10.9. The zero-order chi connectivity index (χ0) is 14.9. The van der Waals surface area contributed by atoms with E-state index in [1.54, 1.807) is 0 Å². The molecule has 112 valence electrons. The van der Waals surface area contributed by atoms with Crippen LogP contribution >= 0.6 is 0 Å². The van der Waals surface area contributed by atoms with E-state index in [0.717, 1.165) is 18.5 Å². The quantitative estimate of drug-likeness (QED) is 0.695. The minimum absolute atomic E-state index is 0.165. The predicted octanol–water partition coefficient (Wildman–Crippen LogP) is 4.17. The summed E-state index contributed by atoms with van der Waals surface area (Å²) in [7, 11) is 0. The van der Waals surface area contributed by atoms with E-state index >= 15 is 0 Å². The van der Waals surface area contributed by atoms with Crippen LogP contribution in [0.25, 0.3) is 21.5 Å². The molecule has 0 amide bonds. The highest BCUT2D eigenvalue weighted by Gasteiger charge is 2.24. The molecule has 3 aromatic rings. The van der Waals surface area contributed by atoms with Crippen LogP contribution in [0.1, 0.15) is 30.9 Å². The van der Waals surface area contributed by atoms with E-state index in [0.29, 0.717) is 0 Å². The second-order valence-corrected chi connectivity index (χ2v) is 6.23. The first-order valence-electron chi connectivity index (χ1n) is 8.16. The fourth-order valence-corrected chi connectivity index (χ4v) is 3.69. The molecule has 1 saturated heterocycles. The van der Waals surface area contributed by atoms with Gasteiger partial charge in [0.25, 0.3) is 0 Å². The molecule has 22 heavy (non-hydrogen) atoms. The molecule has 2 atom stereocenters. The first kappa shape index (κ1) is 13.7. The number of hydrogen-bond donors (Lipinski definition) is 2. The van der Waals surface area contributed by atoms with Crippen molar-refractivity contribution in [3.05, 3.63) is 60.2 Å². The Morgan fingerprint density at radius 2 is 1.64 bits per heavy atom. The molecule has 0 saturated carbocycles. The average molecular weight is 291 g/mol. The van der Waals surface area contributed by atoms with Gasteiger partial charge in [-0.1, -0.05) is 55.0 Å². The van der Waals surface area contributed by atoms with E-state index in [4.69, 9.17) is 0 Å². The number of rotatable bonds is 2. The zero-order valence-electron chi connectivity index (χ0n) is 12.6. The number of aliphatic hydroxyl groups excluding tert-OH is 1. The van der Waals surface area contributed by atoms with Crippen LogP contribution in [-0.2, 0) is 0 Å². The maximum absolute atomic E-state index is 10.9. The highest BCUT2D eigenvalue weighted by molar-refractivity contribution is 6.09. The van der Waals surface area contributed by atoms with Gasteiger partial charge in [0.05, 0.1) is 6.10 Å². The van der Waals surface area contributed by atoms with E-state index in [1.807, 2.05) is 0 Å². The molecule has 1 aliphatic rings. The number of aliphatic hydroxyl groups is 1. The molecular weight excluding hydrogens is 270 g/mol. The van der Waals surface area contributed by atoms with Gasteiger partial charge in [0.1, 0.15) is 0 Å². The number of piperidine rings is 1. The summed E-state index contributed by atoms with van der Waals surface area (Å²) in [4.78, 5) is 0. The molecule has 3 aromatic carbocycles. The summed E-state index contributed by atoms with van der Waals surface area (Å²) >= 11 is 0. The summed E-state index contributed by atoms with van der Waals surface area (Å²) in [5.41, 5.74) is 1.05. The molecule has 2 nitrogen and oxygen atoms in total. The van der Waals surface area contributed by atoms with Crippen LogP contribution in [0.15, 0.2) is 54.6 Å². The van der Waals surface area contributed by atoms with Crippen molar-refractivity contribution in [3.63, 3.8) is 0 Å². The molecule has 0 aromatic heterocycles. The lowest BCUT2D eigenvalue weighted by Gasteiger charge is -2.29. The molecule has 4 rings (SSSR count). The van der Waals surface area contributed by atoms with Crippen molar-refractivity contribution >= 4 is 21.5 Å². The number of benzene rings is 3. The molecule has 0 unspecified atom stereocenters. The third-order valence-corrected chi connectivity index (χ3v) is 4.85. The number of hydrogen-bond acceptors (Lipinski definition) is 2. The predicted molar refractivity (Wildman–Crippen MR) is 92.1 cm³/mol. The van der Waals surface area contributed by atoms with E-state index in [-0.39, 0.29) is 6.04 Å². The molecule has 0 radical (unpaired) electrons. The molecule has 2 N–H and O–H groups in total. The maximum Gasteiger partial charge on any atom is 0.0949 e. The van der Waals surface area contributed by atoms with Gasteiger partial charge in [-0.25, -0.2) is 0 Å². The Bertz CT molecular complexity index is 805. The van der Waals surface area contributed by atoms with Crippen LogP contribution in [0.3, 0.4) is 0 Å². The van der Waals surface area contributed by atoms with Gasteiger partial charge in [0.15, 0.2) is 0 Å². The Balaban J connectivity index is 1.91. The van der Waals surface area contributed by atoms with Crippen LogP contribution in [0.4, 0.5) is 0 Å². The SMILES string of the molecule is O[C@@H](c1cc2ccccc2c2ccccc12)[C@@H]1CCCCN1. The fourth-order valence-electron chi connectivity index (χ4n) is 3.69. The van der Waals surface area contributed by atoms with Gasteiger partial charge < -0.3 is 10.4 Å². The molecule has 1 fully saturated rings. The van der Waals surface area contributed by atoms with E-state index in [1.165, 1.54) is 34.4 Å². The van der Waals surface area contributed by atoms with Crippen LogP contribution < -0.4 is 5.32 Å². The lowest BCUT2D eigenvalue weighted by Crippen LogP contribution is -2.38. The van der Waals surface area contributed by atoms with Gasteiger partial charge in [-0.2, -0.15) is 0 Å². The molecule has 0 spiro atoms. The topological polar surface area (TPSA) is 32.3 Å². The van der Waals surface area contributed by atoms with Gasteiger partial charge in [-0.3, -0.25) is 0 Å². The summed E-state index contributed by atoms with van der Waals surface area (Å²) in [6.45, 7) is 1.01. The molecule has 0 aliphatic carbocycles. The third kappa shape index (κ3) is 2.29. The van der Waals surface area contributed by atoms with E-state index in [2.05, 4.69) is 59.9 Å². The van der Waals surface area contributed by atoms with Crippen molar-refractivity contribution in [1.29, 1.82) is 0 Å². The van der Waals surface area contributed by atoms with Crippen LogP contribution in [0, 0.1) is 0 Å². The van der Waals surface area contributed by atoms with Crippen molar-refractivity contribution in [2.75, 3.05) is 6.54 Å². The second kappa shape index (κ2) is 5.71. The molecular formula is C20H21NO. The summed E-state index contributed by atoms with van der Waals surface area (Å²) in [5, 5.41) is 19.3. The number of nitrogens with one attached hydrogen (secondary N) is 1. The van der Waals surface area contributed by atoms with Crippen molar-refractivity contribution in [2.24, 2.45) is 0 Å². The Morgan fingerprint density at radius 3 is 2.41 bits per heavy atom. The van der Waals surface area contributed by atoms with Crippen LogP contribution in [-0.4, -0.2) is 17.7 Å². The lowest BCUT2D eigenvalue weighted by atomic mass is 9.89. The van der Waals surface area contributed by atoms with Gasteiger partial charge in [-0.05, 0) is 52.6 Å². The van der Waals surface area contributed by atoms with Gasteiger partial charge in [-0.15, -0.1) is 0 Å². The van der Waals surface area contributed by atoms with Gasteiger partial charge in [0.2, 0.25) is 0 Å². The Kier molecular flexibility index (Phi) is 3.57. The second-order valence-electron chi connectivity index (χ2n) is 6.23. The molecule has 0 bridgehead atoms. The summed E-state index contributed by atoms with van der Waals surface area (Å²) in [6, 6.07) is 19.2. The minimum Gasteiger partial charge on any atom is -0.387 e. The van der Waals surface area contributed by atoms with Crippen LogP contribution in [0.2, 0.25) is 0 Å². The highest BCUT2D eigenvalue weighted by Crippen LogP contribution is 2.34. The largest absolute Gasteiger partial charge is 0.387 e. The molecule has 1 aliphatic heterocycles. The zero-order valence-corrected chi connectivity index (χ0v) is 12.6. The Hall–Kier alpha value is -1.90. The smallest absolute Gasteiger partial charge is 0.0949 e. The van der Waals surface area contributed by atoms with Crippen molar-refractivity contribution < 1.29 is 5.11 Å². The summed E-state index contributed by atoms with van der Waals surface area (Å²) in [6.07, 6.45) is 3.00. The summed E-state index contributed by atoms with van der Waals surface area (Å²) < 4.78 is 0. The Morgan fingerprint density at radius 1 is 0.909 bits per heavy atom. The Labute approximate surface area is 130 Å². The number of fused-ring (bicyclic) bond motifs is 3. The monoisotopic (exact) mass is 291 g/mol. The normalized spacial score (nSPS) is 20.3. The first-order valence-corrected chi connectivity index (χ1v) is 8.16. The van der Waals surface area contributed by atoms with Crippen molar-refractivity contribution in [2.45, 2.75) is 31.4 Å². The van der Waals surface area contributed by atoms with Crippen molar-refractivity contribution in [1.82, 2.24) is 5.32 Å². The molecule has 2 heteroatoms. The minimum atomic E-state index is -0.449. The molecule has 1 heterocycles. The standard InChI is InChI=1S/C20H21NO/c22-20(19-11-5-6-12-21-19)18-13-14-7-1-2-8-15(14)16-9-3-4-10-17(16)18/h1-4,7-10,13,19-22H,5-6,11-12H2/t19-,20-/m0/s1. The van der Waals surface area contributed by atoms with E-state index < -0.39 is 6.10 Å². The first-order chi connectivity index (χ1) is 10.8. The summed E-state index contributed by atoms with van der Waals surface area (Å²) in [5.74, 6) is 0. The lowest BCUT2D eigenvalue weighted by molar-refractivity contribution is 0.115. The average Bonchev–Trinajstić information content (AvgIpc) is 2.61. The highest BCUT2D eigenvalue weighted by atomic mass is 16.3. The third-order valence-electron chi connectivity index (χ3n) is 4.85. The van der Waals surface area contributed by atoms with Crippen molar-refractivity contribution in [3.8, 4) is 0 Å². The van der Waals surface area contributed by atoms with Gasteiger partial charge >= 0.3 is 0 Å². The van der Waals surface area contributed by atoms with Crippen LogP contribution in [0.5, 0.6) is 0 Å².